The molecule has 0 amide bonds. The lowest BCUT2D eigenvalue weighted by Crippen LogP contribution is -2.17. The van der Waals surface area contributed by atoms with Gasteiger partial charge in [-0.05, 0) is 12.8 Å². The van der Waals surface area contributed by atoms with Crippen LogP contribution in [-0.4, -0.2) is 31.8 Å². The molecular weight excluding hydrogens is 146 g/mol. The molecule has 2 aliphatic heterocycles. The van der Waals surface area contributed by atoms with E-state index >= 15 is 0 Å². The van der Waals surface area contributed by atoms with Gasteiger partial charge < -0.3 is 19.9 Å². The number of rotatable bonds is 3. The Balaban J connectivity index is 1.59. The van der Waals surface area contributed by atoms with Gasteiger partial charge in [0.2, 0.25) is 0 Å². The number of hydrogen-bond acceptors (Lipinski definition) is 4. The zero-order valence-electron chi connectivity index (χ0n) is 6.36. The minimum atomic E-state index is -0.198. The van der Waals surface area contributed by atoms with E-state index in [4.69, 9.17) is 19.9 Å². The van der Waals surface area contributed by atoms with Gasteiger partial charge in [-0.3, -0.25) is 0 Å². The Kier molecular flexibility index (Phi) is 2.09. The fourth-order valence-corrected chi connectivity index (χ4v) is 1.22. The van der Waals surface area contributed by atoms with Gasteiger partial charge >= 0.3 is 0 Å². The van der Waals surface area contributed by atoms with Gasteiger partial charge in [-0.15, -0.1) is 0 Å². The van der Waals surface area contributed by atoms with Crippen LogP contribution in [0.3, 0.4) is 0 Å². The molecule has 0 aromatic carbocycles. The van der Waals surface area contributed by atoms with E-state index in [9.17, 15) is 0 Å². The first-order valence-corrected chi connectivity index (χ1v) is 4.00. The van der Waals surface area contributed by atoms with Crippen LogP contribution < -0.4 is 5.73 Å². The fourth-order valence-electron chi connectivity index (χ4n) is 1.22. The van der Waals surface area contributed by atoms with E-state index < -0.39 is 0 Å². The zero-order valence-corrected chi connectivity index (χ0v) is 6.36. The molecular formula is C7H13NO3. The van der Waals surface area contributed by atoms with Gasteiger partial charge in [0.15, 0.2) is 12.5 Å². The quantitative estimate of drug-likeness (QED) is 0.580. The van der Waals surface area contributed by atoms with Crippen LogP contribution in [0.15, 0.2) is 0 Å². The molecule has 2 saturated heterocycles. The molecule has 2 aliphatic rings. The minimum Gasteiger partial charge on any atom is -0.376 e. The van der Waals surface area contributed by atoms with Crippen LogP contribution in [0, 0.1) is 0 Å². The third-order valence-electron chi connectivity index (χ3n) is 1.95. The van der Waals surface area contributed by atoms with E-state index in [0.29, 0.717) is 6.61 Å². The molecule has 2 rings (SSSR count). The second kappa shape index (κ2) is 3.06. The highest BCUT2D eigenvalue weighted by Crippen LogP contribution is 2.20. The molecule has 64 valence electrons. The lowest BCUT2D eigenvalue weighted by Gasteiger charge is -2.07. The van der Waals surface area contributed by atoms with Crippen molar-refractivity contribution in [2.75, 3.05) is 13.2 Å². The van der Waals surface area contributed by atoms with E-state index in [-0.39, 0.29) is 18.6 Å². The monoisotopic (exact) mass is 159 g/mol. The number of hydrogen-bond donors (Lipinski definition) is 1. The lowest BCUT2D eigenvalue weighted by molar-refractivity contribution is -0.0195. The largest absolute Gasteiger partial charge is 0.376 e. The smallest absolute Gasteiger partial charge is 0.199 e. The Labute approximate surface area is 65.6 Å². The summed E-state index contributed by atoms with van der Waals surface area (Å²) in [6, 6.07) is 0. The van der Waals surface area contributed by atoms with Crippen molar-refractivity contribution in [3.63, 3.8) is 0 Å². The average molecular weight is 159 g/mol. The van der Waals surface area contributed by atoms with Gasteiger partial charge in [-0.25, -0.2) is 0 Å². The molecule has 11 heavy (non-hydrogen) atoms. The first-order valence-electron chi connectivity index (χ1n) is 4.00. The predicted octanol–water partition coefficient (Wildman–Crippen LogP) is -0.177. The third-order valence-corrected chi connectivity index (χ3v) is 1.95. The Morgan fingerprint density at radius 2 is 2.36 bits per heavy atom. The van der Waals surface area contributed by atoms with E-state index in [0.717, 1.165) is 19.4 Å². The van der Waals surface area contributed by atoms with Crippen LogP contribution in [0.4, 0.5) is 0 Å². The van der Waals surface area contributed by atoms with Gasteiger partial charge in [0.05, 0.1) is 12.7 Å². The number of epoxide rings is 1. The SMILES string of the molecule is NC1OC1OCC1CCCO1. The summed E-state index contributed by atoms with van der Waals surface area (Å²) >= 11 is 0. The topological polar surface area (TPSA) is 57.0 Å². The molecule has 4 nitrogen and oxygen atoms in total. The molecule has 0 spiro atoms. The molecule has 0 saturated carbocycles. The average Bonchev–Trinajstić information content (AvgIpc) is 2.55. The predicted molar refractivity (Wildman–Crippen MR) is 37.8 cm³/mol. The third kappa shape index (κ3) is 1.90. The van der Waals surface area contributed by atoms with E-state index in [2.05, 4.69) is 0 Å². The second-order valence-corrected chi connectivity index (χ2v) is 2.94. The number of ether oxygens (including phenoxy) is 3. The van der Waals surface area contributed by atoms with Gasteiger partial charge in [0.25, 0.3) is 0 Å². The van der Waals surface area contributed by atoms with Crippen molar-refractivity contribution in [3.05, 3.63) is 0 Å². The molecule has 2 heterocycles. The molecule has 0 aliphatic carbocycles. The normalized spacial score (nSPS) is 42.8. The Morgan fingerprint density at radius 3 is 2.91 bits per heavy atom. The summed E-state index contributed by atoms with van der Waals surface area (Å²) in [5.74, 6) is 0. The van der Waals surface area contributed by atoms with Crippen molar-refractivity contribution < 1.29 is 14.2 Å². The van der Waals surface area contributed by atoms with Gasteiger partial charge in [0.1, 0.15) is 0 Å². The molecule has 2 fully saturated rings. The van der Waals surface area contributed by atoms with Crippen LogP contribution in [0.2, 0.25) is 0 Å². The maximum absolute atomic E-state index is 5.36. The van der Waals surface area contributed by atoms with Gasteiger partial charge in [-0.2, -0.15) is 0 Å². The molecule has 0 aromatic rings. The molecule has 2 N–H and O–H groups in total. The van der Waals surface area contributed by atoms with Crippen molar-refractivity contribution in [1.82, 2.24) is 0 Å². The van der Waals surface area contributed by atoms with E-state index in [1.165, 1.54) is 0 Å². The van der Waals surface area contributed by atoms with E-state index in [1.807, 2.05) is 0 Å². The fraction of sp³-hybridized carbons (Fsp3) is 1.00. The van der Waals surface area contributed by atoms with Crippen molar-refractivity contribution in [2.45, 2.75) is 31.5 Å². The maximum atomic E-state index is 5.36. The molecule has 4 heteroatoms. The molecule has 0 aromatic heterocycles. The summed E-state index contributed by atoms with van der Waals surface area (Å²) in [6.07, 6.45) is 2.15. The lowest BCUT2D eigenvalue weighted by atomic mass is 10.2. The Hall–Kier alpha value is -0.160. The standard InChI is InChI=1S/C7H13NO3/c8-6-7(11-6)10-4-5-2-1-3-9-5/h5-7H,1-4,8H2. The summed E-state index contributed by atoms with van der Waals surface area (Å²) in [5, 5.41) is 0. The van der Waals surface area contributed by atoms with Crippen LogP contribution in [0.25, 0.3) is 0 Å². The summed E-state index contributed by atoms with van der Waals surface area (Å²) in [6.45, 7) is 1.49. The molecule has 0 bridgehead atoms. The Bertz CT molecular complexity index is 136. The zero-order chi connectivity index (χ0) is 7.68. The first kappa shape index (κ1) is 7.49. The van der Waals surface area contributed by atoms with Crippen LogP contribution >= 0.6 is 0 Å². The van der Waals surface area contributed by atoms with Crippen LogP contribution in [0.5, 0.6) is 0 Å². The highest BCUT2D eigenvalue weighted by Gasteiger charge is 2.37. The summed E-state index contributed by atoms with van der Waals surface area (Å²) in [5.41, 5.74) is 5.36. The van der Waals surface area contributed by atoms with Gasteiger partial charge in [-0.1, -0.05) is 0 Å². The van der Waals surface area contributed by atoms with Crippen LogP contribution in [0.1, 0.15) is 12.8 Å². The highest BCUT2D eigenvalue weighted by molar-refractivity contribution is 4.71. The van der Waals surface area contributed by atoms with Crippen LogP contribution in [-0.2, 0) is 14.2 Å². The van der Waals surface area contributed by atoms with Crippen molar-refractivity contribution in [2.24, 2.45) is 5.73 Å². The molecule has 3 atom stereocenters. The maximum Gasteiger partial charge on any atom is 0.199 e. The summed E-state index contributed by atoms with van der Waals surface area (Å²) < 4.78 is 15.5. The van der Waals surface area contributed by atoms with Crippen molar-refractivity contribution >= 4 is 0 Å². The Morgan fingerprint density at radius 1 is 1.55 bits per heavy atom. The first-order chi connectivity index (χ1) is 5.36. The summed E-state index contributed by atoms with van der Waals surface area (Å²) in [4.78, 5) is 0. The van der Waals surface area contributed by atoms with Crippen molar-refractivity contribution in [1.29, 1.82) is 0 Å². The number of nitrogens with two attached hydrogens (primary N) is 1. The molecule has 0 radical (unpaired) electrons. The van der Waals surface area contributed by atoms with Crippen molar-refractivity contribution in [3.8, 4) is 0 Å². The van der Waals surface area contributed by atoms with E-state index in [1.54, 1.807) is 0 Å². The van der Waals surface area contributed by atoms with Gasteiger partial charge in [0, 0.05) is 6.61 Å². The summed E-state index contributed by atoms with van der Waals surface area (Å²) in [7, 11) is 0. The highest BCUT2D eigenvalue weighted by atomic mass is 16.8. The molecule has 3 unspecified atom stereocenters. The minimum absolute atomic E-state index is 0.167. The second-order valence-electron chi connectivity index (χ2n) is 2.94.